The summed E-state index contributed by atoms with van der Waals surface area (Å²) in [4.78, 5) is 13.7. The van der Waals surface area contributed by atoms with E-state index in [2.05, 4.69) is 4.90 Å². The summed E-state index contributed by atoms with van der Waals surface area (Å²) in [5.74, 6) is 2.23. The van der Waals surface area contributed by atoms with Crippen LogP contribution in [0.1, 0.15) is 39.0 Å². The van der Waals surface area contributed by atoms with E-state index in [0.29, 0.717) is 18.7 Å². The molecule has 2 heteroatoms. The quantitative estimate of drug-likeness (QED) is 0.687. The Morgan fingerprint density at radius 1 is 1.21 bits per heavy atom. The molecule has 1 saturated heterocycles. The second-order valence-electron chi connectivity index (χ2n) is 4.89. The van der Waals surface area contributed by atoms with Crippen LogP contribution in [-0.4, -0.2) is 30.3 Å². The zero-order valence-electron chi connectivity index (χ0n) is 9.17. The van der Waals surface area contributed by atoms with E-state index in [9.17, 15) is 4.79 Å². The molecule has 1 aliphatic heterocycles. The maximum Gasteiger partial charge on any atom is 0.146 e. The zero-order valence-corrected chi connectivity index (χ0v) is 9.17. The predicted molar refractivity (Wildman–Crippen MR) is 57.2 cm³/mol. The van der Waals surface area contributed by atoms with Crippen LogP contribution in [-0.2, 0) is 4.79 Å². The fraction of sp³-hybridized carbons (Fsp3) is 0.917. The first-order valence-corrected chi connectivity index (χ1v) is 6.03. The van der Waals surface area contributed by atoms with Gasteiger partial charge in [0.1, 0.15) is 5.78 Å². The third kappa shape index (κ3) is 2.17. The molecule has 0 aromatic rings. The van der Waals surface area contributed by atoms with Gasteiger partial charge in [-0.25, -0.2) is 0 Å². The highest BCUT2D eigenvalue weighted by Crippen LogP contribution is 2.35. The van der Waals surface area contributed by atoms with E-state index in [1.807, 2.05) is 6.92 Å². The topological polar surface area (TPSA) is 20.3 Å². The normalized spacial score (nSPS) is 32.9. The number of rotatable bonds is 3. The molecule has 1 saturated carbocycles. The Labute approximate surface area is 86.7 Å². The minimum Gasteiger partial charge on any atom is -0.298 e. The van der Waals surface area contributed by atoms with Crippen molar-refractivity contribution in [3.05, 3.63) is 0 Å². The molecule has 0 aromatic heterocycles. The van der Waals surface area contributed by atoms with Crippen molar-refractivity contribution in [2.75, 3.05) is 19.6 Å². The Bertz CT molecular complexity index is 200. The number of carbonyl (C=O) groups excluding carboxylic acids is 1. The number of fused-ring (bicyclic) bond motifs is 1. The average molecular weight is 195 g/mol. The van der Waals surface area contributed by atoms with Crippen molar-refractivity contribution in [3.63, 3.8) is 0 Å². The summed E-state index contributed by atoms with van der Waals surface area (Å²) in [6, 6.07) is 0. The third-order valence-electron chi connectivity index (χ3n) is 3.85. The lowest BCUT2D eigenvalue weighted by Crippen LogP contribution is -2.27. The number of ketones is 1. The van der Waals surface area contributed by atoms with E-state index >= 15 is 0 Å². The fourth-order valence-corrected chi connectivity index (χ4v) is 2.99. The molecule has 2 unspecified atom stereocenters. The van der Waals surface area contributed by atoms with Gasteiger partial charge in [-0.2, -0.15) is 0 Å². The highest BCUT2D eigenvalue weighted by Gasteiger charge is 2.34. The van der Waals surface area contributed by atoms with Crippen LogP contribution in [0.5, 0.6) is 0 Å². The van der Waals surface area contributed by atoms with Gasteiger partial charge in [-0.3, -0.25) is 9.69 Å². The van der Waals surface area contributed by atoms with Gasteiger partial charge in [0.25, 0.3) is 0 Å². The van der Waals surface area contributed by atoms with E-state index in [1.165, 1.54) is 38.8 Å². The molecule has 0 aromatic carbocycles. The second-order valence-corrected chi connectivity index (χ2v) is 4.89. The van der Waals surface area contributed by atoms with Crippen LogP contribution in [0.25, 0.3) is 0 Å². The van der Waals surface area contributed by atoms with Crippen molar-refractivity contribution in [1.29, 1.82) is 0 Å². The van der Waals surface area contributed by atoms with E-state index in [0.717, 1.165) is 11.8 Å². The molecule has 0 amide bonds. The molecule has 2 atom stereocenters. The molecular weight excluding hydrogens is 174 g/mol. The number of hydrogen-bond acceptors (Lipinski definition) is 2. The summed E-state index contributed by atoms with van der Waals surface area (Å²) in [5.41, 5.74) is 0. The standard InChI is InChI=1S/C12H21NO/c1-2-12(14)9-13-7-10-5-3-4-6-11(10)8-13/h10-11H,2-9H2,1H3. The van der Waals surface area contributed by atoms with Crippen LogP contribution < -0.4 is 0 Å². The van der Waals surface area contributed by atoms with Gasteiger partial charge in [-0.15, -0.1) is 0 Å². The van der Waals surface area contributed by atoms with E-state index in [4.69, 9.17) is 0 Å². The van der Waals surface area contributed by atoms with Gasteiger partial charge < -0.3 is 0 Å². The number of hydrogen-bond donors (Lipinski definition) is 0. The number of likely N-dealkylation sites (tertiary alicyclic amines) is 1. The minimum atomic E-state index is 0.406. The molecule has 1 heterocycles. The van der Waals surface area contributed by atoms with Crippen molar-refractivity contribution < 1.29 is 4.79 Å². The molecule has 2 aliphatic rings. The lowest BCUT2D eigenvalue weighted by Gasteiger charge is -2.23. The van der Waals surface area contributed by atoms with Crippen molar-refractivity contribution in [1.82, 2.24) is 4.90 Å². The summed E-state index contributed by atoms with van der Waals surface area (Å²) < 4.78 is 0. The fourth-order valence-electron chi connectivity index (χ4n) is 2.99. The van der Waals surface area contributed by atoms with E-state index < -0.39 is 0 Å². The highest BCUT2D eigenvalue weighted by molar-refractivity contribution is 5.80. The Hall–Kier alpha value is -0.370. The van der Waals surface area contributed by atoms with E-state index in [1.54, 1.807) is 0 Å². The van der Waals surface area contributed by atoms with E-state index in [-0.39, 0.29) is 0 Å². The number of carbonyl (C=O) groups is 1. The molecule has 2 rings (SSSR count). The van der Waals surface area contributed by atoms with Gasteiger partial charge in [-0.05, 0) is 24.7 Å². The van der Waals surface area contributed by atoms with Crippen LogP contribution in [0.3, 0.4) is 0 Å². The van der Waals surface area contributed by atoms with Crippen molar-refractivity contribution in [3.8, 4) is 0 Å². The highest BCUT2D eigenvalue weighted by atomic mass is 16.1. The van der Waals surface area contributed by atoms with Crippen LogP contribution >= 0.6 is 0 Å². The molecule has 2 fully saturated rings. The van der Waals surface area contributed by atoms with Gasteiger partial charge in [0, 0.05) is 19.5 Å². The predicted octanol–water partition coefficient (Wildman–Crippen LogP) is 2.09. The Morgan fingerprint density at radius 3 is 2.29 bits per heavy atom. The SMILES string of the molecule is CCC(=O)CN1CC2CCCCC2C1. The molecule has 80 valence electrons. The average Bonchev–Trinajstić information content (AvgIpc) is 2.59. The van der Waals surface area contributed by atoms with Gasteiger partial charge in [0.2, 0.25) is 0 Å². The monoisotopic (exact) mass is 195 g/mol. The maximum absolute atomic E-state index is 11.3. The van der Waals surface area contributed by atoms with Gasteiger partial charge >= 0.3 is 0 Å². The largest absolute Gasteiger partial charge is 0.298 e. The summed E-state index contributed by atoms with van der Waals surface area (Å²) >= 11 is 0. The minimum absolute atomic E-state index is 0.406. The first-order chi connectivity index (χ1) is 6.79. The molecule has 0 N–H and O–H groups in total. The van der Waals surface area contributed by atoms with Crippen molar-refractivity contribution in [2.45, 2.75) is 39.0 Å². The molecule has 2 nitrogen and oxygen atoms in total. The summed E-state index contributed by atoms with van der Waals surface area (Å²) in [6.45, 7) is 5.06. The molecular formula is C12H21NO. The van der Waals surface area contributed by atoms with Crippen LogP contribution in [0, 0.1) is 11.8 Å². The van der Waals surface area contributed by atoms with Gasteiger partial charge in [0.05, 0.1) is 6.54 Å². The molecule has 0 spiro atoms. The molecule has 14 heavy (non-hydrogen) atoms. The van der Waals surface area contributed by atoms with Crippen molar-refractivity contribution >= 4 is 5.78 Å². The zero-order chi connectivity index (χ0) is 9.97. The van der Waals surface area contributed by atoms with Gasteiger partial charge in [0.15, 0.2) is 0 Å². The summed E-state index contributed by atoms with van der Waals surface area (Å²) in [5, 5.41) is 0. The second kappa shape index (κ2) is 4.43. The first-order valence-electron chi connectivity index (χ1n) is 6.03. The molecule has 1 aliphatic carbocycles. The lowest BCUT2D eigenvalue weighted by molar-refractivity contribution is -0.119. The smallest absolute Gasteiger partial charge is 0.146 e. The van der Waals surface area contributed by atoms with Crippen LogP contribution in [0.4, 0.5) is 0 Å². The summed E-state index contributed by atoms with van der Waals surface area (Å²) in [6.07, 6.45) is 6.34. The number of nitrogens with zero attached hydrogens (tertiary/aromatic N) is 1. The van der Waals surface area contributed by atoms with Crippen LogP contribution in [0.2, 0.25) is 0 Å². The first kappa shape index (κ1) is 10.2. The van der Waals surface area contributed by atoms with Gasteiger partial charge in [-0.1, -0.05) is 19.8 Å². The Balaban J connectivity index is 1.83. The number of Topliss-reactive ketones (excluding diaryl/α,β-unsaturated/α-hetero) is 1. The Kier molecular flexibility index (Phi) is 3.22. The Morgan fingerprint density at radius 2 is 1.79 bits per heavy atom. The summed E-state index contributed by atoms with van der Waals surface area (Å²) in [7, 11) is 0. The maximum atomic E-state index is 11.3. The molecule has 0 bridgehead atoms. The lowest BCUT2D eigenvalue weighted by atomic mass is 9.82. The third-order valence-corrected chi connectivity index (χ3v) is 3.85. The molecule has 0 radical (unpaired) electrons. The van der Waals surface area contributed by atoms with Crippen LogP contribution in [0.15, 0.2) is 0 Å². The van der Waals surface area contributed by atoms with Crippen molar-refractivity contribution in [2.24, 2.45) is 11.8 Å².